The number of H-pyrrole nitrogens is 2. The summed E-state index contributed by atoms with van der Waals surface area (Å²) in [4.78, 5) is 40.7. The molecule has 9 nitrogen and oxygen atoms in total. The maximum absolute atomic E-state index is 12.4. The van der Waals surface area contributed by atoms with Crippen molar-refractivity contribution in [2.24, 2.45) is 5.73 Å². The van der Waals surface area contributed by atoms with Gasteiger partial charge in [0.05, 0.1) is 18.1 Å². The molecule has 0 aliphatic carbocycles. The van der Waals surface area contributed by atoms with E-state index in [1.54, 1.807) is 19.1 Å². The summed E-state index contributed by atoms with van der Waals surface area (Å²) in [7, 11) is 0. The number of hydrogen-bond acceptors (Lipinski definition) is 7. The highest BCUT2D eigenvalue weighted by Crippen LogP contribution is 2.40. The smallest absolute Gasteiger partial charge is 0.340 e. The molecule has 1 aliphatic rings. The molecule has 0 amide bonds. The monoisotopic (exact) mass is 345 g/mol. The molecule has 0 radical (unpaired) electrons. The Labute approximate surface area is 140 Å². The Hall–Kier alpha value is -3.49. The number of benzene rings is 1. The number of hydrogen-bond donors (Lipinski definition) is 4. The summed E-state index contributed by atoms with van der Waals surface area (Å²) in [6.07, 6.45) is 0. The van der Waals surface area contributed by atoms with Crippen molar-refractivity contribution in [3.8, 4) is 11.6 Å². The van der Waals surface area contributed by atoms with Crippen LogP contribution in [0, 0.1) is 0 Å². The number of ether oxygens (including phenoxy) is 2. The summed E-state index contributed by atoms with van der Waals surface area (Å²) in [5.74, 6) is -2.25. The summed E-state index contributed by atoms with van der Waals surface area (Å²) in [5, 5.41) is 9.76. The minimum atomic E-state index is -0.976. The molecule has 1 aromatic heterocycles. The third-order valence-electron chi connectivity index (χ3n) is 3.70. The van der Waals surface area contributed by atoms with E-state index in [2.05, 4.69) is 9.97 Å². The maximum Gasteiger partial charge on any atom is 0.340 e. The largest absolute Gasteiger partial charge is 0.508 e. The molecule has 0 saturated heterocycles. The first kappa shape index (κ1) is 16.4. The predicted molar refractivity (Wildman–Crippen MR) is 86.1 cm³/mol. The van der Waals surface area contributed by atoms with Crippen LogP contribution in [0.1, 0.15) is 24.0 Å². The molecule has 25 heavy (non-hydrogen) atoms. The van der Waals surface area contributed by atoms with Crippen molar-refractivity contribution in [1.82, 2.24) is 9.97 Å². The van der Waals surface area contributed by atoms with E-state index in [-0.39, 0.29) is 35.3 Å². The number of nitrogens with one attached hydrogen (secondary N) is 2. The maximum atomic E-state index is 12.4. The fourth-order valence-corrected chi connectivity index (χ4v) is 2.73. The number of aromatic amines is 2. The van der Waals surface area contributed by atoms with Crippen molar-refractivity contribution in [2.45, 2.75) is 12.8 Å². The minimum absolute atomic E-state index is 0.0116. The van der Waals surface area contributed by atoms with Crippen molar-refractivity contribution in [2.75, 3.05) is 6.61 Å². The SMILES string of the molecule is CCOC(=O)C1=C(N)Oc2[nH]c(=O)[nH]c(=O)c2C1c1cccc(O)c1. The van der Waals surface area contributed by atoms with Crippen LogP contribution in [0.2, 0.25) is 0 Å². The zero-order chi connectivity index (χ0) is 18.1. The van der Waals surface area contributed by atoms with Gasteiger partial charge in [0.15, 0.2) is 0 Å². The zero-order valence-corrected chi connectivity index (χ0v) is 13.2. The van der Waals surface area contributed by atoms with Crippen molar-refractivity contribution in [3.63, 3.8) is 0 Å². The van der Waals surface area contributed by atoms with Gasteiger partial charge in [0.25, 0.3) is 5.56 Å². The Balaban J connectivity index is 2.30. The van der Waals surface area contributed by atoms with Gasteiger partial charge < -0.3 is 20.3 Å². The second-order valence-electron chi connectivity index (χ2n) is 5.28. The van der Waals surface area contributed by atoms with Crippen molar-refractivity contribution in [1.29, 1.82) is 0 Å². The number of phenolic OH excluding ortho intramolecular Hbond substituents is 1. The van der Waals surface area contributed by atoms with Crippen LogP contribution in [0.3, 0.4) is 0 Å². The summed E-state index contributed by atoms with van der Waals surface area (Å²) >= 11 is 0. The molecule has 9 heteroatoms. The molecular formula is C16H15N3O6. The van der Waals surface area contributed by atoms with Crippen molar-refractivity contribution < 1.29 is 19.4 Å². The number of rotatable bonds is 3. The van der Waals surface area contributed by atoms with E-state index in [0.29, 0.717) is 5.56 Å². The van der Waals surface area contributed by atoms with E-state index in [4.69, 9.17) is 15.2 Å². The summed E-state index contributed by atoms with van der Waals surface area (Å²) in [5.41, 5.74) is 4.66. The van der Waals surface area contributed by atoms with Crippen LogP contribution < -0.4 is 21.7 Å². The van der Waals surface area contributed by atoms with Crippen LogP contribution in [0.15, 0.2) is 45.3 Å². The Morgan fingerprint density at radius 1 is 1.36 bits per heavy atom. The lowest BCUT2D eigenvalue weighted by Gasteiger charge is -2.26. The fourth-order valence-electron chi connectivity index (χ4n) is 2.73. The van der Waals surface area contributed by atoms with Gasteiger partial charge in [-0.3, -0.25) is 14.8 Å². The molecule has 2 aromatic rings. The average molecular weight is 345 g/mol. The first-order valence-electron chi connectivity index (χ1n) is 7.42. The van der Waals surface area contributed by atoms with E-state index in [0.717, 1.165) is 0 Å². The number of phenols is 1. The van der Waals surface area contributed by atoms with Crippen LogP contribution in [0.25, 0.3) is 0 Å². The molecule has 0 fully saturated rings. The van der Waals surface area contributed by atoms with Gasteiger partial charge >= 0.3 is 11.7 Å². The molecular weight excluding hydrogens is 330 g/mol. The first-order valence-corrected chi connectivity index (χ1v) is 7.42. The number of fused-ring (bicyclic) bond motifs is 1. The lowest BCUT2D eigenvalue weighted by Crippen LogP contribution is -2.35. The van der Waals surface area contributed by atoms with Crippen LogP contribution in [0.5, 0.6) is 11.6 Å². The number of esters is 1. The number of carbonyl (C=O) groups excluding carboxylic acids is 1. The Bertz CT molecular complexity index is 988. The lowest BCUT2D eigenvalue weighted by atomic mass is 9.84. The van der Waals surface area contributed by atoms with E-state index in [9.17, 15) is 19.5 Å². The van der Waals surface area contributed by atoms with Crippen LogP contribution in [-0.2, 0) is 9.53 Å². The highest BCUT2D eigenvalue weighted by atomic mass is 16.5. The topological polar surface area (TPSA) is 147 Å². The number of aromatic nitrogens is 2. The van der Waals surface area contributed by atoms with Gasteiger partial charge in [-0.2, -0.15) is 0 Å². The molecule has 1 atom stereocenters. The number of aromatic hydroxyl groups is 1. The molecule has 0 bridgehead atoms. The van der Waals surface area contributed by atoms with Gasteiger partial charge in [-0.05, 0) is 24.6 Å². The molecule has 5 N–H and O–H groups in total. The molecule has 3 rings (SSSR count). The second-order valence-corrected chi connectivity index (χ2v) is 5.28. The van der Waals surface area contributed by atoms with Crippen LogP contribution in [-0.4, -0.2) is 27.7 Å². The molecule has 0 spiro atoms. The van der Waals surface area contributed by atoms with E-state index in [1.165, 1.54) is 12.1 Å². The fraction of sp³-hybridized carbons (Fsp3) is 0.188. The van der Waals surface area contributed by atoms with E-state index in [1.807, 2.05) is 0 Å². The highest BCUT2D eigenvalue weighted by Gasteiger charge is 2.38. The molecule has 1 aromatic carbocycles. The molecule has 0 saturated carbocycles. The number of nitrogens with two attached hydrogens (primary N) is 1. The summed E-state index contributed by atoms with van der Waals surface area (Å²) in [6.45, 7) is 1.72. The third-order valence-corrected chi connectivity index (χ3v) is 3.70. The normalized spacial score (nSPS) is 16.1. The van der Waals surface area contributed by atoms with Gasteiger partial charge in [0, 0.05) is 0 Å². The first-order chi connectivity index (χ1) is 11.9. The lowest BCUT2D eigenvalue weighted by molar-refractivity contribution is -0.139. The molecule has 1 unspecified atom stereocenters. The predicted octanol–water partition coefficient (Wildman–Crippen LogP) is 0.0265. The molecule has 1 aliphatic heterocycles. The van der Waals surface area contributed by atoms with E-state index < -0.39 is 23.1 Å². The quantitative estimate of drug-likeness (QED) is 0.573. The van der Waals surface area contributed by atoms with Crippen molar-refractivity contribution >= 4 is 5.97 Å². The van der Waals surface area contributed by atoms with Crippen molar-refractivity contribution in [3.05, 3.63) is 67.7 Å². The van der Waals surface area contributed by atoms with Gasteiger partial charge in [0.1, 0.15) is 11.3 Å². The van der Waals surface area contributed by atoms with Crippen LogP contribution in [0.4, 0.5) is 0 Å². The molecule has 2 heterocycles. The zero-order valence-electron chi connectivity index (χ0n) is 13.2. The van der Waals surface area contributed by atoms with Gasteiger partial charge in [0.2, 0.25) is 11.8 Å². The Morgan fingerprint density at radius 2 is 2.12 bits per heavy atom. The van der Waals surface area contributed by atoms with Gasteiger partial charge in [-0.25, -0.2) is 9.59 Å². The standard InChI is InChI=1S/C16H15N3O6/c1-2-24-15(22)10-9(7-4-3-5-8(20)6-7)11-13(21)18-16(23)19-14(11)25-12(10)17/h3-6,9,20H,2,17H2,1H3,(H2,18,19,21,23). The highest BCUT2D eigenvalue weighted by molar-refractivity contribution is 5.92. The average Bonchev–Trinajstić information content (AvgIpc) is 2.53. The third kappa shape index (κ3) is 2.87. The van der Waals surface area contributed by atoms with E-state index >= 15 is 0 Å². The van der Waals surface area contributed by atoms with Gasteiger partial charge in [-0.15, -0.1) is 0 Å². The number of carbonyl (C=O) groups is 1. The summed E-state index contributed by atoms with van der Waals surface area (Å²) < 4.78 is 10.3. The second kappa shape index (κ2) is 6.19. The van der Waals surface area contributed by atoms with Crippen LogP contribution >= 0.6 is 0 Å². The Morgan fingerprint density at radius 3 is 2.80 bits per heavy atom. The molecule has 130 valence electrons. The summed E-state index contributed by atoms with van der Waals surface area (Å²) in [6, 6.07) is 5.99. The Kier molecular flexibility index (Phi) is 4.05. The van der Waals surface area contributed by atoms with Gasteiger partial charge in [-0.1, -0.05) is 12.1 Å². The minimum Gasteiger partial charge on any atom is -0.508 e.